The van der Waals surface area contributed by atoms with Gasteiger partial charge in [0, 0.05) is 19.5 Å². The van der Waals surface area contributed by atoms with E-state index >= 15 is 0 Å². The summed E-state index contributed by atoms with van der Waals surface area (Å²) >= 11 is 6.16. The predicted molar refractivity (Wildman–Crippen MR) is 63.3 cm³/mol. The van der Waals surface area contributed by atoms with Gasteiger partial charge < -0.3 is 4.90 Å². The van der Waals surface area contributed by atoms with E-state index in [0.29, 0.717) is 0 Å². The van der Waals surface area contributed by atoms with E-state index in [1.54, 1.807) is 0 Å². The van der Waals surface area contributed by atoms with Gasteiger partial charge in [0.15, 0.2) is 0 Å². The minimum atomic E-state index is 0.800. The van der Waals surface area contributed by atoms with Gasteiger partial charge in [-0.05, 0) is 11.5 Å². The second-order valence-electron chi connectivity index (χ2n) is 3.51. The SMILES string of the molecule is CN(C)c1c(Cl)ccc2ccccc12. The standard InChI is InChI=1S/C12H12ClN/c1-14(2)12-10-6-4-3-5-9(10)7-8-11(12)13/h3-8H,1-2H3. The third-order valence-corrected chi connectivity index (χ3v) is 2.60. The zero-order valence-corrected chi connectivity index (χ0v) is 9.05. The third kappa shape index (κ3) is 1.44. The number of rotatable bonds is 1. The highest BCUT2D eigenvalue weighted by molar-refractivity contribution is 6.35. The van der Waals surface area contributed by atoms with Crippen LogP contribution in [0.2, 0.25) is 5.02 Å². The maximum Gasteiger partial charge on any atom is 0.0645 e. The molecule has 0 aliphatic heterocycles. The van der Waals surface area contributed by atoms with E-state index in [4.69, 9.17) is 11.6 Å². The first-order valence-corrected chi connectivity index (χ1v) is 4.92. The smallest absolute Gasteiger partial charge is 0.0645 e. The fourth-order valence-corrected chi connectivity index (χ4v) is 2.02. The molecule has 0 fully saturated rings. The second-order valence-corrected chi connectivity index (χ2v) is 3.92. The van der Waals surface area contributed by atoms with Gasteiger partial charge in [-0.25, -0.2) is 0 Å². The summed E-state index contributed by atoms with van der Waals surface area (Å²) in [5.74, 6) is 0. The molecule has 2 rings (SSSR count). The molecule has 72 valence electrons. The lowest BCUT2D eigenvalue weighted by Gasteiger charge is -2.17. The van der Waals surface area contributed by atoms with Gasteiger partial charge in [0.05, 0.1) is 10.7 Å². The van der Waals surface area contributed by atoms with Crippen molar-refractivity contribution >= 4 is 28.1 Å². The number of anilines is 1. The van der Waals surface area contributed by atoms with Crippen LogP contribution in [0.25, 0.3) is 10.8 Å². The lowest BCUT2D eigenvalue weighted by molar-refractivity contribution is 1.14. The molecule has 2 aromatic rings. The lowest BCUT2D eigenvalue weighted by atomic mass is 10.1. The summed E-state index contributed by atoms with van der Waals surface area (Å²) in [6.45, 7) is 0. The Morgan fingerprint density at radius 3 is 2.43 bits per heavy atom. The highest BCUT2D eigenvalue weighted by atomic mass is 35.5. The number of hydrogen-bond acceptors (Lipinski definition) is 1. The molecule has 1 nitrogen and oxygen atoms in total. The molecule has 0 saturated carbocycles. The molecule has 0 N–H and O–H groups in total. The van der Waals surface area contributed by atoms with Gasteiger partial charge in [0.2, 0.25) is 0 Å². The van der Waals surface area contributed by atoms with Crippen LogP contribution < -0.4 is 4.90 Å². The average molecular weight is 206 g/mol. The highest BCUT2D eigenvalue weighted by Gasteiger charge is 2.06. The molecule has 2 heteroatoms. The van der Waals surface area contributed by atoms with E-state index in [2.05, 4.69) is 12.1 Å². The molecule has 0 aromatic heterocycles. The summed E-state index contributed by atoms with van der Waals surface area (Å²) in [4.78, 5) is 2.05. The molecular formula is C12H12ClN. The number of benzene rings is 2. The van der Waals surface area contributed by atoms with Gasteiger partial charge in [-0.3, -0.25) is 0 Å². The zero-order chi connectivity index (χ0) is 10.1. The predicted octanol–water partition coefficient (Wildman–Crippen LogP) is 3.56. The van der Waals surface area contributed by atoms with Crippen LogP contribution in [0.1, 0.15) is 0 Å². The first-order valence-electron chi connectivity index (χ1n) is 4.55. The van der Waals surface area contributed by atoms with Crippen LogP contribution >= 0.6 is 11.6 Å². The van der Waals surface area contributed by atoms with Gasteiger partial charge in [0.25, 0.3) is 0 Å². The minimum Gasteiger partial charge on any atom is -0.376 e. The van der Waals surface area contributed by atoms with E-state index < -0.39 is 0 Å². The van der Waals surface area contributed by atoms with Crippen LogP contribution in [0, 0.1) is 0 Å². The molecule has 0 amide bonds. The summed E-state index contributed by atoms with van der Waals surface area (Å²) in [6.07, 6.45) is 0. The topological polar surface area (TPSA) is 3.24 Å². The highest BCUT2D eigenvalue weighted by Crippen LogP contribution is 2.32. The normalized spacial score (nSPS) is 10.5. The van der Waals surface area contributed by atoms with Gasteiger partial charge in [0.1, 0.15) is 0 Å². The van der Waals surface area contributed by atoms with Crippen LogP contribution in [0.5, 0.6) is 0 Å². The monoisotopic (exact) mass is 205 g/mol. The third-order valence-electron chi connectivity index (χ3n) is 2.30. The molecule has 0 bridgehead atoms. The Balaban J connectivity index is 2.83. The molecule has 2 aromatic carbocycles. The molecule has 0 radical (unpaired) electrons. The maximum absolute atomic E-state index is 6.16. The van der Waals surface area contributed by atoms with Crippen molar-refractivity contribution in [1.82, 2.24) is 0 Å². The lowest BCUT2D eigenvalue weighted by Crippen LogP contribution is -2.09. The quantitative estimate of drug-likeness (QED) is 0.688. The van der Waals surface area contributed by atoms with Crippen molar-refractivity contribution in [2.75, 3.05) is 19.0 Å². The van der Waals surface area contributed by atoms with Crippen molar-refractivity contribution in [2.45, 2.75) is 0 Å². The molecule has 0 heterocycles. The summed E-state index contributed by atoms with van der Waals surface area (Å²) in [5.41, 5.74) is 1.09. The van der Waals surface area contributed by atoms with Crippen LogP contribution in [0.15, 0.2) is 36.4 Å². The van der Waals surface area contributed by atoms with Gasteiger partial charge in [-0.2, -0.15) is 0 Å². The molecule has 0 saturated heterocycles. The Morgan fingerprint density at radius 2 is 1.71 bits per heavy atom. The van der Waals surface area contributed by atoms with E-state index in [-0.39, 0.29) is 0 Å². The van der Waals surface area contributed by atoms with Gasteiger partial charge >= 0.3 is 0 Å². The zero-order valence-electron chi connectivity index (χ0n) is 8.29. The Hall–Kier alpha value is -1.21. The molecule has 0 aliphatic carbocycles. The summed E-state index contributed by atoms with van der Waals surface area (Å²) < 4.78 is 0. The fourth-order valence-electron chi connectivity index (χ4n) is 1.68. The number of fused-ring (bicyclic) bond motifs is 1. The van der Waals surface area contributed by atoms with Crippen molar-refractivity contribution in [3.05, 3.63) is 41.4 Å². The minimum absolute atomic E-state index is 0.800. The van der Waals surface area contributed by atoms with E-state index in [1.807, 2.05) is 43.3 Å². The van der Waals surface area contributed by atoms with Crippen molar-refractivity contribution in [1.29, 1.82) is 0 Å². The average Bonchev–Trinajstić information content (AvgIpc) is 2.17. The first kappa shape index (κ1) is 9.35. The molecular weight excluding hydrogens is 194 g/mol. The molecule has 14 heavy (non-hydrogen) atoms. The number of hydrogen-bond donors (Lipinski definition) is 0. The Bertz CT molecular complexity index is 463. The van der Waals surface area contributed by atoms with E-state index in [1.165, 1.54) is 10.8 Å². The van der Waals surface area contributed by atoms with Gasteiger partial charge in [-0.15, -0.1) is 0 Å². The second kappa shape index (κ2) is 3.50. The van der Waals surface area contributed by atoms with Crippen molar-refractivity contribution in [2.24, 2.45) is 0 Å². The Morgan fingerprint density at radius 1 is 1.00 bits per heavy atom. The largest absolute Gasteiger partial charge is 0.376 e. The van der Waals surface area contributed by atoms with Crippen LogP contribution in [-0.2, 0) is 0 Å². The Labute approximate surface area is 88.9 Å². The summed E-state index contributed by atoms with van der Waals surface area (Å²) in [5, 5.41) is 3.22. The molecule has 0 spiro atoms. The summed E-state index contributed by atoms with van der Waals surface area (Å²) in [7, 11) is 4.02. The van der Waals surface area contributed by atoms with Crippen molar-refractivity contribution < 1.29 is 0 Å². The Kier molecular flexibility index (Phi) is 2.34. The van der Waals surface area contributed by atoms with Crippen molar-refractivity contribution in [3.63, 3.8) is 0 Å². The van der Waals surface area contributed by atoms with Crippen LogP contribution in [0.4, 0.5) is 5.69 Å². The molecule has 0 aliphatic rings. The first-order chi connectivity index (χ1) is 6.70. The van der Waals surface area contributed by atoms with E-state index in [9.17, 15) is 0 Å². The van der Waals surface area contributed by atoms with Crippen molar-refractivity contribution in [3.8, 4) is 0 Å². The number of nitrogens with zero attached hydrogens (tertiary/aromatic N) is 1. The molecule has 0 unspecified atom stereocenters. The molecule has 0 atom stereocenters. The summed E-state index contributed by atoms with van der Waals surface area (Å²) in [6, 6.07) is 12.3. The van der Waals surface area contributed by atoms with Gasteiger partial charge in [-0.1, -0.05) is 41.9 Å². The number of halogens is 1. The fraction of sp³-hybridized carbons (Fsp3) is 0.167. The maximum atomic E-state index is 6.16. The van der Waals surface area contributed by atoms with E-state index in [0.717, 1.165) is 10.7 Å². The van der Waals surface area contributed by atoms with Crippen LogP contribution in [-0.4, -0.2) is 14.1 Å². The van der Waals surface area contributed by atoms with Crippen LogP contribution in [0.3, 0.4) is 0 Å².